The zero-order valence-corrected chi connectivity index (χ0v) is 10.4. The Labute approximate surface area is 100 Å². The van der Waals surface area contributed by atoms with Crippen molar-refractivity contribution in [2.24, 2.45) is 5.92 Å². The minimum Gasteiger partial charge on any atom is -0.391 e. The molecule has 1 unspecified atom stereocenters. The molecule has 0 spiro atoms. The molecule has 0 amide bonds. The van der Waals surface area contributed by atoms with E-state index in [0.717, 1.165) is 6.20 Å². The summed E-state index contributed by atoms with van der Waals surface area (Å²) < 4.78 is 13.3. The van der Waals surface area contributed by atoms with E-state index in [2.05, 4.69) is 20.6 Å². The maximum Gasteiger partial charge on any atom is 0.224 e. The van der Waals surface area contributed by atoms with Gasteiger partial charge in [-0.2, -0.15) is 4.98 Å². The molecular weight excluding hydrogens is 223 g/mol. The molecule has 0 aliphatic rings. The maximum absolute atomic E-state index is 13.3. The van der Waals surface area contributed by atoms with E-state index in [1.807, 2.05) is 13.8 Å². The number of rotatable bonds is 6. The molecule has 96 valence electrons. The summed E-state index contributed by atoms with van der Waals surface area (Å²) in [4.78, 5) is 7.66. The van der Waals surface area contributed by atoms with Gasteiger partial charge in [0.1, 0.15) is 0 Å². The number of aliphatic hydroxyl groups is 1. The van der Waals surface area contributed by atoms with Crippen LogP contribution in [0.2, 0.25) is 0 Å². The first-order valence-corrected chi connectivity index (χ1v) is 5.65. The lowest BCUT2D eigenvalue weighted by atomic mass is 10.1. The minimum atomic E-state index is -0.527. The van der Waals surface area contributed by atoms with Crippen molar-refractivity contribution in [3.05, 3.63) is 12.0 Å². The van der Waals surface area contributed by atoms with Gasteiger partial charge in [0.2, 0.25) is 5.95 Å². The standard InChI is InChI=1S/C11H19FN4O/c1-7(2)4-8(17)5-14-10-9(12)6-15-11(13-3)16-10/h6-8,17H,4-5H2,1-3H3,(H2,13,14,15,16). The highest BCUT2D eigenvalue weighted by Crippen LogP contribution is 2.12. The van der Waals surface area contributed by atoms with Crippen LogP contribution in [0.5, 0.6) is 0 Å². The number of aliphatic hydroxyl groups excluding tert-OH is 1. The Morgan fingerprint density at radius 2 is 2.18 bits per heavy atom. The number of hydrogen-bond acceptors (Lipinski definition) is 5. The molecule has 1 aromatic heterocycles. The summed E-state index contributed by atoms with van der Waals surface area (Å²) in [6.45, 7) is 4.32. The topological polar surface area (TPSA) is 70.1 Å². The van der Waals surface area contributed by atoms with Gasteiger partial charge in [0.05, 0.1) is 12.3 Å². The Bertz CT molecular complexity index is 359. The number of nitrogens with one attached hydrogen (secondary N) is 2. The SMILES string of the molecule is CNc1ncc(F)c(NCC(O)CC(C)C)n1. The summed E-state index contributed by atoms with van der Waals surface area (Å²) in [5.41, 5.74) is 0. The molecule has 5 nitrogen and oxygen atoms in total. The summed E-state index contributed by atoms with van der Waals surface area (Å²) in [5.74, 6) is 0.315. The lowest BCUT2D eigenvalue weighted by Crippen LogP contribution is -2.22. The normalized spacial score (nSPS) is 12.6. The van der Waals surface area contributed by atoms with Crippen LogP contribution in [0.3, 0.4) is 0 Å². The molecule has 3 N–H and O–H groups in total. The molecule has 1 aromatic rings. The second-order valence-corrected chi connectivity index (χ2v) is 4.30. The highest BCUT2D eigenvalue weighted by atomic mass is 19.1. The van der Waals surface area contributed by atoms with Gasteiger partial charge in [0, 0.05) is 13.6 Å². The van der Waals surface area contributed by atoms with E-state index >= 15 is 0 Å². The first-order valence-electron chi connectivity index (χ1n) is 5.65. The molecule has 1 rings (SSSR count). The van der Waals surface area contributed by atoms with Gasteiger partial charge < -0.3 is 15.7 Å². The van der Waals surface area contributed by atoms with Crippen LogP contribution in [0.15, 0.2) is 6.20 Å². The van der Waals surface area contributed by atoms with Crippen LogP contribution in [0.25, 0.3) is 0 Å². The van der Waals surface area contributed by atoms with Gasteiger partial charge in [-0.3, -0.25) is 0 Å². The van der Waals surface area contributed by atoms with Gasteiger partial charge in [-0.15, -0.1) is 0 Å². The third-order valence-corrected chi connectivity index (χ3v) is 2.22. The molecule has 1 heterocycles. The number of nitrogens with zero attached hydrogens (tertiary/aromatic N) is 2. The van der Waals surface area contributed by atoms with Crippen molar-refractivity contribution in [1.82, 2.24) is 9.97 Å². The third kappa shape index (κ3) is 4.52. The van der Waals surface area contributed by atoms with Crippen LogP contribution in [-0.2, 0) is 0 Å². The molecule has 6 heteroatoms. The minimum absolute atomic E-state index is 0.104. The first-order chi connectivity index (χ1) is 8.02. The maximum atomic E-state index is 13.3. The van der Waals surface area contributed by atoms with Gasteiger partial charge >= 0.3 is 0 Å². The van der Waals surface area contributed by atoms with Crippen molar-refractivity contribution in [2.75, 3.05) is 24.2 Å². The van der Waals surface area contributed by atoms with E-state index in [-0.39, 0.29) is 12.4 Å². The number of hydrogen-bond donors (Lipinski definition) is 3. The third-order valence-electron chi connectivity index (χ3n) is 2.22. The van der Waals surface area contributed by atoms with E-state index in [9.17, 15) is 9.50 Å². The zero-order chi connectivity index (χ0) is 12.8. The van der Waals surface area contributed by atoms with E-state index in [0.29, 0.717) is 18.3 Å². The fourth-order valence-electron chi connectivity index (χ4n) is 1.45. The smallest absolute Gasteiger partial charge is 0.224 e. The lowest BCUT2D eigenvalue weighted by molar-refractivity contribution is 0.161. The molecule has 1 atom stereocenters. The monoisotopic (exact) mass is 242 g/mol. The number of anilines is 2. The fourth-order valence-corrected chi connectivity index (χ4v) is 1.45. The molecular formula is C11H19FN4O. The summed E-state index contributed by atoms with van der Waals surface area (Å²) in [6, 6.07) is 0. The Morgan fingerprint density at radius 3 is 2.76 bits per heavy atom. The molecule has 0 aromatic carbocycles. The van der Waals surface area contributed by atoms with Crippen LogP contribution in [0.4, 0.5) is 16.2 Å². The Hall–Kier alpha value is -1.43. The molecule has 0 fully saturated rings. The average molecular weight is 242 g/mol. The Balaban J connectivity index is 2.56. The Morgan fingerprint density at radius 1 is 1.47 bits per heavy atom. The summed E-state index contributed by atoms with van der Waals surface area (Å²) >= 11 is 0. The molecule has 0 radical (unpaired) electrons. The highest BCUT2D eigenvalue weighted by molar-refractivity contribution is 5.40. The van der Waals surface area contributed by atoms with Crippen molar-refractivity contribution in [2.45, 2.75) is 26.4 Å². The van der Waals surface area contributed by atoms with Gasteiger partial charge in [-0.1, -0.05) is 13.8 Å². The van der Waals surface area contributed by atoms with Gasteiger partial charge in [-0.05, 0) is 12.3 Å². The zero-order valence-electron chi connectivity index (χ0n) is 10.4. The van der Waals surface area contributed by atoms with Crippen molar-refractivity contribution in [3.8, 4) is 0 Å². The van der Waals surface area contributed by atoms with Crippen molar-refractivity contribution < 1.29 is 9.50 Å². The van der Waals surface area contributed by atoms with Crippen LogP contribution in [0, 0.1) is 11.7 Å². The predicted molar refractivity (Wildman–Crippen MR) is 65.5 cm³/mol. The van der Waals surface area contributed by atoms with Gasteiger partial charge in [0.15, 0.2) is 11.6 Å². The summed E-state index contributed by atoms with van der Waals surface area (Å²) in [5, 5.41) is 15.2. The largest absolute Gasteiger partial charge is 0.391 e. The molecule has 17 heavy (non-hydrogen) atoms. The first kappa shape index (κ1) is 13.6. The number of halogens is 1. The lowest BCUT2D eigenvalue weighted by Gasteiger charge is -2.14. The molecule has 0 aliphatic heterocycles. The van der Waals surface area contributed by atoms with E-state index in [1.165, 1.54) is 0 Å². The van der Waals surface area contributed by atoms with Gasteiger partial charge in [0.25, 0.3) is 0 Å². The summed E-state index contributed by atoms with van der Waals surface area (Å²) in [7, 11) is 1.66. The molecule has 0 saturated heterocycles. The summed E-state index contributed by atoms with van der Waals surface area (Å²) in [6.07, 6.45) is 1.25. The van der Waals surface area contributed by atoms with E-state index in [4.69, 9.17) is 0 Å². The Kier molecular flexibility index (Phi) is 5.09. The van der Waals surface area contributed by atoms with Gasteiger partial charge in [-0.25, -0.2) is 9.37 Å². The van der Waals surface area contributed by atoms with Crippen molar-refractivity contribution in [1.29, 1.82) is 0 Å². The second-order valence-electron chi connectivity index (χ2n) is 4.30. The molecule has 0 saturated carbocycles. The van der Waals surface area contributed by atoms with Crippen LogP contribution in [-0.4, -0.2) is 34.8 Å². The van der Waals surface area contributed by atoms with E-state index in [1.54, 1.807) is 7.05 Å². The second kappa shape index (κ2) is 6.34. The fraction of sp³-hybridized carbons (Fsp3) is 0.636. The van der Waals surface area contributed by atoms with Crippen LogP contribution >= 0.6 is 0 Å². The predicted octanol–water partition coefficient (Wildman–Crippen LogP) is 1.48. The quantitative estimate of drug-likeness (QED) is 0.705. The van der Waals surface area contributed by atoms with E-state index < -0.39 is 11.9 Å². The van der Waals surface area contributed by atoms with Crippen molar-refractivity contribution in [3.63, 3.8) is 0 Å². The average Bonchev–Trinajstić information content (AvgIpc) is 2.27. The van der Waals surface area contributed by atoms with Crippen molar-refractivity contribution >= 4 is 11.8 Å². The molecule has 0 bridgehead atoms. The molecule has 0 aliphatic carbocycles. The highest BCUT2D eigenvalue weighted by Gasteiger charge is 2.10. The number of aromatic nitrogens is 2. The van der Waals surface area contributed by atoms with Crippen LogP contribution < -0.4 is 10.6 Å². The van der Waals surface area contributed by atoms with Crippen LogP contribution in [0.1, 0.15) is 20.3 Å².